The van der Waals surface area contributed by atoms with Gasteiger partial charge in [-0.05, 0) is 66.2 Å². The molecule has 0 saturated heterocycles. The van der Waals surface area contributed by atoms with Crippen molar-refractivity contribution in [1.82, 2.24) is 5.43 Å². The van der Waals surface area contributed by atoms with Gasteiger partial charge in [-0.3, -0.25) is 14.4 Å². The number of esters is 1. The van der Waals surface area contributed by atoms with Crippen LogP contribution in [-0.2, 0) is 9.59 Å². The molecular formula is C23H17ClN4O5. The highest BCUT2D eigenvalue weighted by Gasteiger charge is 2.14. The first kappa shape index (κ1) is 23.2. The van der Waals surface area contributed by atoms with E-state index in [2.05, 4.69) is 15.8 Å². The third-order valence-corrected chi connectivity index (χ3v) is 4.53. The molecule has 0 unspecified atom stereocenters. The number of hydrazone groups is 1. The van der Waals surface area contributed by atoms with Crippen molar-refractivity contribution in [2.45, 2.75) is 0 Å². The summed E-state index contributed by atoms with van der Waals surface area (Å²) >= 11 is 5.98. The quantitative estimate of drug-likeness (QED) is 0.169. The molecule has 3 rings (SSSR count). The Kier molecular flexibility index (Phi) is 7.51. The van der Waals surface area contributed by atoms with Crippen molar-refractivity contribution in [3.05, 3.63) is 94.5 Å². The largest absolute Gasteiger partial charge is 0.423 e. The van der Waals surface area contributed by atoms with Crippen LogP contribution < -0.4 is 21.2 Å². The van der Waals surface area contributed by atoms with Crippen LogP contribution in [0.5, 0.6) is 5.75 Å². The second-order valence-electron chi connectivity index (χ2n) is 6.53. The fourth-order valence-electron chi connectivity index (χ4n) is 2.53. The van der Waals surface area contributed by atoms with Crippen LogP contribution >= 0.6 is 11.6 Å². The maximum Gasteiger partial charge on any atom is 0.345 e. The van der Waals surface area contributed by atoms with E-state index in [0.717, 1.165) is 0 Å². The van der Waals surface area contributed by atoms with Gasteiger partial charge < -0.3 is 15.8 Å². The molecular weight excluding hydrogens is 448 g/mol. The normalized spacial score (nSPS) is 10.5. The lowest BCUT2D eigenvalue weighted by Gasteiger charge is -2.06. The zero-order valence-electron chi connectivity index (χ0n) is 16.9. The van der Waals surface area contributed by atoms with Crippen molar-refractivity contribution in [1.29, 1.82) is 0 Å². The molecule has 0 spiro atoms. The van der Waals surface area contributed by atoms with Crippen LogP contribution in [0.1, 0.15) is 26.3 Å². The minimum atomic E-state index is -0.990. The predicted molar refractivity (Wildman–Crippen MR) is 122 cm³/mol. The van der Waals surface area contributed by atoms with Crippen LogP contribution in [0, 0.1) is 0 Å². The minimum Gasteiger partial charge on any atom is -0.423 e. The molecule has 0 bridgehead atoms. The first-order valence-corrected chi connectivity index (χ1v) is 9.82. The minimum absolute atomic E-state index is 0.245. The van der Waals surface area contributed by atoms with Gasteiger partial charge in [0.15, 0.2) is 0 Å². The second-order valence-corrected chi connectivity index (χ2v) is 6.94. The molecule has 166 valence electrons. The van der Waals surface area contributed by atoms with E-state index < -0.39 is 23.7 Å². The van der Waals surface area contributed by atoms with E-state index >= 15 is 0 Å². The van der Waals surface area contributed by atoms with E-state index in [1.54, 1.807) is 48.5 Å². The molecule has 0 aliphatic rings. The third-order valence-electron chi connectivity index (χ3n) is 4.20. The number of carbonyl (C=O) groups excluding carboxylic acids is 4. The molecule has 0 heterocycles. The van der Waals surface area contributed by atoms with Crippen LogP contribution in [0.2, 0.25) is 5.02 Å². The van der Waals surface area contributed by atoms with Gasteiger partial charge in [-0.2, -0.15) is 5.10 Å². The lowest BCUT2D eigenvalue weighted by molar-refractivity contribution is -0.136. The summed E-state index contributed by atoms with van der Waals surface area (Å²) < 4.78 is 5.27. The number of carbonyl (C=O) groups is 4. The molecule has 0 aliphatic heterocycles. The van der Waals surface area contributed by atoms with Crippen molar-refractivity contribution >= 4 is 47.2 Å². The Bertz CT molecular complexity index is 1220. The number of hydrogen-bond donors (Lipinski definition) is 3. The lowest BCUT2D eigenvalue weighted by atomic mass is 10.2. The first-order chi connectivity index (χ1) is 15.8. The average molecular weight is 465 g/mol. The summed E-state index contributed by atoms with van der Waals surface area (Å²) in [6.45, 7) is 0. The predicted octanol–water partition coefficient (Wildman–Crippen LogP) is 2.75. The molecule has 3 aromatic carbocycles. The number of halogens is 1. The Hall–Kier alpha value is -4.50. The number of ether oxygens (including phenoxy) is 1. The maximum absolute atomic E-state index is 12.2. The zero-order chi connectivity index (χ0) is 23.8. The summed E-state index contributed by atoms with van der Waals surface area (Å²) in [6.07, 6.45) is 1.31. The maximum atomic E-state index is 12.2. The Morgan fingerprint density at radius 2 is 1.55 bits per heavy atom. The number of primary amides is 1. The zero-order valence-corrected chi connectivity index (χ0v) is 17.7. The van der Waals surface area contributed by atoms with Crippen LogP contribution in [0.25, 0.3) is 0 Å². The van der Waals surface area contributed by atoms with Crippen LogP contribution in [0.15, 0.2) is 77.9 Å². The Morgan fingerprint density at radius 3 is 2.18 bits per heavy atom. The monoisotopic (exact) mass is 464 g/mol. The molecule has 3 aromatic rings. The van der Waals surface area contributed by atoms with E-state index in [1.807, 2.05) is 0 Å². The topological polar surface area (TPSA) is 140 Å². The van der Waals surface area contributed by atoms with Gasteiger partial charge in [0.25, 0.3) is 0 Å². The van der Waals surface area contributed by atoms with Gasteiger partial charge in [-0.1, -0.05) is 23.7 Å². The molecule has 0 aliphatic carbocycles. The number of nitrogens with two attached hydrogens (primary N) is 1. The molecule has 3 amide bonds. The van der Waals surface area contributed by atoms with E-state index in [9.17, 15) is 19.2 Å². The molecule has 9 nitrogen and oxygen atoms in total. The smallest absolute Gasteiger partial charge is 0.345 e. The van der Waals surface area contributed by atoms with Crippen LogP contribution in [-0.4, -0.2) is 29.9 Å². The highest BCUT2D eigenvalue weighted by atomic mass is 35.5. The highest BCUT2D eigenvalue weighted by molar-refractivity contribution is 6.39. The number of nitrogens with one attached hydrogen (secondary N) is 2. The summed E-state index contributed by atoms with van der Waals surface area (Å²) in [5, 5.41) is 6.37. The van der Waals surface area contributed by atoms with Gasteiger partial charge in [0.05, 0.1) is 16.8 Å². The van der Waals surface area contributed by atoms with Crippen molar-refractivity contribution in [3.63, 3.8) is 0 Å². The summed E-state index contributed by atoms with van der Waals surface area (Å²) in [7, 11) is 0. The standard InChI is InChI=1S/C23H17ClN4O5/c24-19-4-2-1-3-18(19)23(32)33-17-11-5-14(6-12-17)13-26-28-22(31)21(30)27-16-9-7-15(8-10-16)20(25)29/h1-13H,(H2,25,29)(H,27,30)(H,28,31)/b26-13+. The molecule has 10 heteroatoms. The number of anilines is 1. The fourth-order valence-corrected chi connectivity index (χ4v) is 2.75. The Morgan fingerprint density at radius 1 is 0.879 bits per heavy atom. The average Bonchev–Trinajstić information content (AvgIpc) is 2.80. The van der Waals surface area contributed by atoms with E-state index in [4.69, 9.17) is 22.1 Å². The number of benzene rings is 3. The number of hydrogen-bond acceptors (Lipinski definition) is 6. The SMILES string of the molecule is NC(=O)c1ccc(NC(=O)C(=O)N/N=C/c2ccc(OC(=O)c3ccccc3Cl)cc2)cc1. The molecule has 0 atom stereocenters. The molecule has 0 fully saturated rings. The third kappa shape index (κ3) is 6.49. The fraction of sp³-hybridized carbons (Fsp3) is 0. The van der Waals surface area contributed by atoms with Gasteiger partial charge in [0, 0.05) is 11.3 Å². The summed E-state index contributed by atoms with van der Waals surface area (Å²) in [5.41, 5.74) is 8.65. The van der Waals surface area contributed by atoms with Gasteiger partial charge in [0.1, 0.15) is 5.75 Å². The van der Waals surface area contributed by atoms with Crippen molar-refractivity contribution < 1.29 is 23.9 Å². The summed E-state index contributed by atoms with van der Waals surface area (Å²) in [4.78, 5) is 47.0. The van der Waals surface area contributed by atoms with Crippen molar-refractivity contribution in [2.75, 3.05) is 5.32 Å². The van der Waals surface area contributed by atoms with Gasteiger partial charge in [0.2, 0.25) is 5.91 Å². The first-order valence-electron chi connectivity index (χ1n) is 9.44. The number of nitrogens with zero attached hydrogens (tertiary/aromatic N) is 1. The lowest BCUT2D eigenvalue weighted by Crippen LogP contribution is -2.32. The number of rotatable bonds is 6. The summed E-state index contributed by atoms with van der Waals surface area (Å²) in [5.74, 6) is -2.84. The highest BCUT2D eigenvalue weighted by Crippen LogP contribution is 2.19. The molecule has 0 saturated carbocycles. The van der Waals surface area contributed by atoms with Crippen LogP contribution in [0.4, 0.5) is 5.69 Å². The Labute approximate surface area is 193 Å². The van der Waals surface area contributed by atoms with Gasteiger partial charge in [-0.25, -0.2) is 10.2 Å². The van der Waals surface area contributed by atoms with Crippen molar-refractivity contribution in [3.8, 4) is 5.75 Å². The van der Waals surface area contributed by atoms with E-state index in [0.29, 0.717) is 17.0 Å². The molecule has 4 N–H and O–H groups in total. The van der Waals surface area contributed by atoms with Gasteiger partial charge >= 0.3 is 17.8 Å². The molecule has 33 heavy (non-hydrogen) atoms. The second kappa shape index (κ2) is 10.7. The number of amides is 3. The van der Waals surface area contributed by atoms with E-state index in [1.165, 1.54) is 30.5 Å². The summed E-state index contributed by atoms with van der Waals surface area (Å²) in [6, 6.07) is 18.5. The Balaban J connectivity index is 1.50. The van der Waals surface area contributed by atoms with E-state index in [-0.39, 0.29) is 16.1 Å². The van der Waals surface area contributed by atoms with Gasteiger partial charge in [-0.15, -0.1) is 0 Å². The molecule has 0 aromatic heterocycles. The van der Waals surface area contributed by atoms with Crippen molar-refractivity contribution in [2.24, 2.45) is 10.8 Å². The van der Waals surface area contributed by atoms with Crippen LogP contribution in [0.3, 0.4) is 0 Å². The molecule has 0 radical (unpaired) electrons.